The van der Waals surface area contributed by atoms with Gasteiger partial charge in [0.25, 0.3) is 0 Å². The molecule has 0 bridgehead atoms. The van der Waals surface area contributed by atoms with E-state index in [1.165, 1.54) is 51.9 Å². The molecule has 0 unspecified atom stereocenters. The summed E-state index contributed by atoms with van der Waals surface area (Å²) in [6.45, 7) is 6.31. The number of halogens is 3. The lowest BCUT2D eigenvalue weighted by Gasteiger charge is -2.21. The molecule has 3 aromatic carbocycles. The lowest BCUT2D eigenvalue weighted by Crippen LogP contribution is -2.32. The maximum atomic E-state index is 12.7. The third-order valence-corrected chi connectivity index (χ3v) is 7.70. The number of aryl methyl sites for hydroxylation is 4. The van der Waals surface area contributed by atoms with Crippen molar-refractivity contribution in [3.63, 3.8) is 0 Å². The number of benzene rings is 3. The molecule has 4 aromatic rings. The molecule has 9 nitrogen and oxygen atoms in total. The Kier molecular flexibility index (Phi) is 9.04. The van der Waals surface area contributed by atoms with Gasteiger partial charge in [-0.3, -0.25) is 9.69 Å². The molecule has 3 amide bonds. The molecule has 0 saturated carbocycles. The van der Waals surface area contributed by atoms with E-state index in [2.05, 4.69) is 25.1 Å². The van der Waals surface area contributed by atoms with Gasteiger partial charge in [-0.1, -0.05) is 53.7 Å². The van der Waals surface area contributed by atoms with Crippen molar-refractivity contribution >= 4 is 34.6 Å². The van der Waals surface area contributed by atoms with Crippen molar-refractivity contribution in [2.24, 2.45) is 4.99 Å². The maximum Gasteiger partial charge on any atom is 0.573 e. The largest absolute Gasteiger partial charge is 0.573 e. The third-order valence-electron chi connectivity index (χ3n) is 6.78. The number of nitrogens with one attached hydrogen (secondary N) is 1. The van der Waals surface area contributed by atoms with Crippen molar-refractivity contribution in [2.45, 2.75) is 40.0 Å². The monoisotopic (exact) mass is 622 g/mol. The van der Waals surface area contributed by atoms with Crippen LogP contribution in [0.15, 0.2) is 72.0 Å². The zero-order valence-electron chi connectivity index (χ0n) is 24.2. The van der Waals surface area contributed by atoms with Gasteiger partial charge in [0.1, 0.15) is 12.1 Å². The Hall–Kier alpha value is -4.65. The number of ether oxygens (including phenoxy) is 1. The first-order valence-corrected chi connectivity index (χ1v) is 14.7. The highest BCUT2D eigenvalue weighted by atomic mass is 32.2. The number of hydrogen-bond acceptors (Lipinski definition) is 6. The van der Waals surface area contributed by atoms with Crippen molar-refractivity contribution in [3.05, 3.63) is 89.2 Å². The lowest BCUT2D eigenvalue weighted by atomic mass is 10.0. The van der Waals surface area contributed by atoms with Crippen LogP contribution in [0.2, 0.25) is 0 Å². The van der Waals surface area contributed by atoms with E-state index < -0.39 is 12.4 Å². The number of carbonyl (C=O) groups is 2. The Bertz CT molecular complexity index is 1680. The van der Waals surface area contributed by atoms with Crippen LogP contribution in [0, 0.1) is 20.8 Å². The highest BCUT2D eigenvalue weighted by molar-refractivity contribution is 8.15. The lowest BCUT2D eigenvalue weighted by molar-refractivity contribution is -0.274. The third kappa shape index (κ3) is 7.46. The van der Waals surface area contributed by atoms with Gasteiger partial charge in [0, 0.05) is 12.1 Å². The molecule has 2 heterocycles. The molecule has 228 valence electrons. The van der Waals surface area contributed by atoms with Crippen molar-refractivity contribution in [1.29, 1.82) is 0 Å². The minimum atomic E-state index is -4.75. The fourth-order valence-electron chi connectivity index (χ4n) is 4.94. The van der Waals surface area contributed by atoms with Gasteiger partial charge >= 0.3 is 12.4 Å². The van der Waals surface area contributed by atoms with Gasteiger partial charge < -0.3 is 10.1 Å². The van der Waals surface area contributed by atoms with E-state index in [1.54, 1.807) is 0 Å². The number of amidine groups is 1. The van der Waals surface area contributed by atoms with Crippen LogP contribution in [0.3, 0.4) is 0 Å². The summed E-state index contributed by atoms with van der Waals surface area (Å²) < 4.78 is 42.5. The van der Waals surface area contributed by atoms with Crippen molar-refractivity contribution in [2.75, 3.05) is 17.2 Å². The SMILES string of the molecule is Cc1cc(C)c(N2C(=O)CSC2=NC(=O)NCCCc2ccc(-c3ncn(-c4ccc(OC(F)(F)F)cc4)n3)cc2)c(C)c1. The van der Waals surface area contributed by atoms with Gasteiger partial charge in [0.2, 0.25) is 5.91 Å². The van der Waals surface area contributed by atoms with Crippen LogP contribution in [0.4, 0.5) is 23.7 Å². The molecular weight excluding hydrogens is 593 g/mol. The number of aliphatic imine (C=N–C) groups is 1. The van der Waals surface area contributed by atoms with E-state index >= 15 is 0 Å². The first-order valence-electron chi connectivity index (χ1n) is 13.7. The summed E-state index contributed by atoms with van der Waals surface area (Å²) >= 11 is 1.25. The minimum Gasteiger partial charge on any atom is -0.406 e. The van der Waals surface area contributed by atoms with Crippen LogP contribution in [-0.4, -0.2) is 50.5 Å². The van der Waals surface area contributed by atoms with Crippen molar-refractivity contribution in [3.8, 4) is 22.8 Å². The Morgan fingerprint density at radius 2 is 1.73 bits per heavy atom. The highest BCUT2D eigenvalue weighted by Crippen LogP contribution is 2.33. The molecule has 1 N–H and O–H groups in total. The molecule has 0 aliphatic carbocycles. The molecule has 1 aliphatic rings. The standard InChI is InChI=1S/C31H29F3N6O3S/c1-19-15-20(2)27(21(3)16-19)40-26(41)17-44-30(40)37-29(42)35-14-4-5-22-6-8-23(9-7-22)28-36-18-39(38-28)24-10-12-25(13-11-24)43-31(32,33)34/h6-13,15-16,18H,4-5,14,17H2,1-3H3,(H,35,42). The molecule has 44 heavy (non-hydrogen) atoms. The number of nitrogens with zero attached hydrogens (tertiary/aromatic N) is 5. The fraction of sp³-hybridized carbons (Fsp3) is 0.258. The Morgan fingerprint density at radius 1 is 1.05 bits per heavy atom. The predicted molar refractivity (Wildman–Crippen MR) is 163 cm³/mol. The molecule has 1 fully saturated rings. The second kappa shape index (κ2) is 12.9. The van der Waals surface area contributed by atoms with Crippen LogP contribution in [0.5, 0.6) is 5.75 Å². The van der Waals surface area contributed by atoms with Crippen LogP contribution in [-0.2, 0) is 11.2 Å². The summed E-state index contributed by atoms with van der Waals surface area (Å²) in [7, 11) is 0. The minimum absolute atomic E-state index is 0.101. The molecule has 5 rings (SSSR count). The van der Waals surface area contributed by atoms with Gasteiger partial charge in [-0.05, 0) is 74.6 Å². The molecular formula is C31H29F3N6O3S. The maximum absolute atomic E-state index is 12.7. The second-order valence-corrected chi connectivity index (χ2v) is 11.2. The fourth-order valence-corrected chi connectivity index (χ4v) is 5.80. The normalized spacial score (nSPS) is 14.4. The number of hydrogen-bond donors (Lipinski definition) is 1. The van der Waals surface area contributed by atoms with E-state index in [0.717, 1.165) is 33.5 Å². The molecule has 0 atom stereocenters. The molecule has 1 saturated heterocycles. The number of anilines is 1. The van der Waals surface area contributed by atoms with E-state index in [-0.39, 0.29) is 17.4 Å². The van der Waals surface area contributed by atoms with Gasteiger partial charge in [0.05, 0.1) is 17.1 Å². The number of amides is 3. The smallest absolute Gasteiger partial charge is 0.406 e. The zero-order valence-corrected chi connectivity index (χ0v) is 25.0. The summed E-state index contributed by atoms with van der Waals surface area (Å²) in [6, 6.07) is 16.5. The van der Waals surface area contributed by atoms with Gasteiger partial charge in [-0.25, -0.2) is 14.5 Å². The van der Waals surface area contributed by atoms with E-state index in [0.29, 0.717) is 36.1 Å². The molecule has 0 radical (unpaired) electrons. The van der Waals surface area contributed by atoms with Crippen LogP contribution in [0.1, 0.15) is 28.7 Å². The van der Waals surface area contributed by atoms with Crippen LogP contribution >= 0.6 is 11.8 Å². The number of urea groups is 1. The van der Waals surface area contributed by atoms with Crippen LogP contribution in [0.25, 0.3) is 17.1 Å². The van der Waals surface area contributed by atoms with Gasteiger partial charge in [-0.2, -0.15) is 4.99 Å². The van der Waals surface area contributed by atoms with Crippen molar-refractivity contribution in [1.82, 2.24) is 20.1 Å². The highest BCUT2D eigenvalue weighted by Gasteiger charge is 2.33. The predicted octanol–water partition coefficient (Wildman–Crippen LogP) is 6.54. The zero-order chi connectivity index (χ0) is 31.4. The summed E-state index contributed by atoms with van der Waals surface area (Å²) in [6.07, 6.45) is -1.87. The topological polar surface area (TPSA) is 102 Å². The number of alkyl halides is 3. The summed E-state index contributed by atoms with van der Waals surface area (Å²) in [5.74, 6) is 0.283. The average Bonchev–Trinajstić information content (AvgIpc) is 3.58. The first kappa shape index (κ1) is 30.8. The molecule has 13 heteroatoms. The first-order chi connectivity index (χ1) is 21.0. The average molecular weight is 623 g/mol. The quantitative estimate of drug-likeness (QED) is 0.224. The molecule has 1 aromatic heterocycles. The van der Waals surface area contributed by atoms with E-state index in [4.69, 9.17) is 0 Å². The second-order valence-electron chi connectivity index (χ2n) is 10.2. The van der Waals surface area contributed by atoms with E-state index in [9.17, 15) is 22.8 Å². The molecule has 0 spiro atoms. The Balaban J connectivity index is 1.13. The van der Waals surface area contributed by atoms with Crippen LogP contribution < -0.4 is 15.0 Å². The Morgan fingerprint density at radius 3 is 2.39 bits per heavy atom. The summed E-state index contributed by atoms with van der Waals surface area (Å²) in [5.41, 5.74) is 6.16. The number of thioether (sulfide) groups is 1. The molecule has 1 aliphatic heterocycles. The summed E-state index contributed by atoms with van der Waals surface area (Å²) in [5, 5.41) is 7.61. The number of carbonyl (C=O) groups excluding carboxylic acids is 2. The summed E-state index contributed by atoms with van der Waals surface area (Å²) in [4.78, 5) is 35.3. The van der Waals surface area contributed by atoms with E-state index in [1.807, 2.05) is 57.2 Å². The number of rotatable bonds is 8. The van der Waals surface area contributed by atoms with Crippen molar-refractivity contribution < 1.29 is 27.5 Å². The van der Waals surface area contributed by atoms with Gasteiger partial charge in [-0.15, -0.1) is 18.3 Å². The van der Waals surface area contributed by atoms with Gasteiger partial charge in [0.15, 0.2) is 11.0 Å². The number of aromatic nitrogens is 3. The Labute approximate surface area is 256 Å².